The van der Waals surface area contributed by atoms with E-state index in [2.05, 4.69) is 10.3 Å². The summed E-state index contributed by atoms with van der Waals surface area (Å²) < 4.78 is 11.0. The first kappa shape index (κ1) is 12.2. The molecule has 0 spiro atoms. The highest BCUT2D eigenvalue weighted by Crippen LogP contribution is 2.39. The Labute approximate surface area is 121 Å². The molecule has 106 valence electrons. The first-order chi connectivity index (χ1) is 10.3. The van der Waals surface area contributed by atoms with Gasteiger partial charge in [0.05, 0.1) is 23.4 Å². The SMILES string of the molecule is O=C1Nc2cccc(OCC3CO3)c2/C1=C/c1ccc[nH]1. The maximum absolute atomic E-state index is 12.2. The number of fused-ring (bicyclic) bond motifs is 1. The molecule has 3 heterocycles. The van der Waals surface area contributed by atoms with Gasteiger partial charge in [0.25, 0.3) is 5.91 Å². The molecule has 1 fully saturated rings. The fraction of sp³-hybridized carbons (Fsp3) is 0.188. The average molecular weight is 282 g/mol. The number of ether oxygens (including phenoxy) is 2. The standard InChI is InChI=1S/C16H14N2O3/c19-16-12(7-10-3-2-6-17-10)15-13(18-16)4-1-5-14(15)21-9-11-8-20-11/h1-7,11,17H,8-9H2,(H,18,19)/b12-7-. The van der Waals surface area contributed by atoms with Gasteiger partial charge in [-0.3, -0.25) is 4.79 Å². The number of epoxide rings is 1. The quantitative estimate of drug-likeness (QED) is 0.668. The molecular formula is C16H14N2O3. The minimum Gasteiger partial charge on any atom is -0.490 e. The number of carbonyl (C=O) groups is 1. The molecule has 1 atom stereocenters. The van der Waals surface area contributed by atoms with E-state index >= 15 is 0 Å². The lowest BCUT2D eigenvalue weighted by molar-refractivity contribution is -0.110. The van der Waals surface area contributed by atoms with Crippen molar-refractivity contribution in [2.24, 2.45) is 0 Å². The minimum absolute atomic E-state index is 0.113. The monoisotopic (exact) mass is 282 g/mol. The van der Waals surface area contributed by atoms with Gasteiger partial charge in [0.1, 0.15) is 18.5 Å². The molecule has 21 heavy (non-hydrogen) atoms. The van der Waals surface area contributed by atoms with E-state index in [9.17, 15) is 4.79 Å². The third-order valence-corrected chi connectivity index (χ3v) is 3.54. The highest BCUT2D eigenvalue weighted by atomic mass is 16.6. The highest BCUT2D eigenvalue weighted by Gasteiger charge is 2.29. The molecule has 2 aliphatic heterocycles. The molecule has 0 saturated carbocycles. The lowest BCUT2D eigenvalue weighted by Gasteiger charge is -2.09. The zero-order valence-electron chi connectivity index (χ0n) is 11.3. The van der Waals surface area contributed by atoms with Crippen LogP contribution in [0.5, 0.6) is 5.75 Å². The number of carbonyl (C=O) groups excluding carboxylic acids is 1. The van der Waals surface area contributed by atoms with Gasteiger partial charge in [-0.1, -0.05) is 6.07 Å². The van der Waals surface area contributed by atoms with Crippen LogP contribution in [0.2, 0.25) is 0 Å². The molecule has 0 radical (unpaired) electrons. The second kappa shape index (κ2) is 4.79. The van der Waals surface area contributed by atoms with Gasteiger partial charge in [0.2, 0.25) is 0 Å². The van der Waals surface area contributed by atoms with Gasteiger partial charge in [-0.05, 0) is 30.3 Å². The van der Waals surface area contributed by atoms with Crippen LogP contribution < -0.4 is 10.1 Å². The molecule has 2 aliphatic rings. The molecule has 2 N–H and O–H groups in total. The van der Waals surface area contributed by atoms with Crippen molar-refractivity contribution >= 4 is 23.2 Å². The van der Waals surface area contributed by atoms with E-state index in [1.807, 2.05) is 42.6 Å². The Kier molecular flexibility index (Phi) is 2.79. The summed E-state index contributed by atoms with van der Waals surface area (Å²) in [5.41, 5.74) is 3.10. The summed E-state index contributed by atoms with van der Waals surface area (Å²) in [6.07, 6.45) is 3.84. The van der Waals surface area contributed by atoms with Crippen molar-refractivity contribution in [1.82, 2.24) is 4.98 Å². The zero-order chi connectivity index (χ0) is 14.2. The van der Waals surface area contributed by atoms with Gasteiger partial charge in [0.15, 0.2) is 0 Å². The Bertz CT molecular complexity index is 715. The predicted octanol–water partition coefficient (Wildman–Crippen LogP) is 2.29. The van der Waals surface area contributed by atoms with Crippen LogP contribution in [0.1, 0.15) is 11.3 Å². The minimum atomic E-state index is -0.113. The summed E-state index contributed by atoms with van der Waals surface area (Å²) in [7, 11) is 0. The van der Waals surface area contributed by atoms with Crippen molar-refractivity contribution in [2.75, 3.05) is 18.5 Å². The number of hydrogen-bond donors (Lipinski definition) is 2. The number of H-pyrrole nitrogens is 1. The number of aromatic amines is 1. The van der Waals surface area contributed by atoms with Gasteiger partial charge >= 0.3 is 0 Å². The predicted molar refractivity (Wildman–Crippen MR) is 79.0 cm³/mol. The van der Waals surface area contributed by atoms with Gasteiger partial charge in [-0.15, -0.1) is 0 Å². The van der Waals surface area contributed by atoms with E-state index in [-0.39, 0.29) is 12.0 Å². The number of anilines is 1. The summed E-state index contributed by atoms with van der Waals surface area (Å²) in [6, 6.07) is 9.44. The molecular weight excluding hydrogens is 268 g/mol. The maximum Gasteiger partial charge on any atom is 0.256 e. The summed E-state index contributed by atoms with van der Waals surface area (Å²) >= 11 is 0. The molecule has 1 saturated heterocycles. The van der Waals surface area contributed by atoms with E-state index < -0.39 is 0 Å². The van der Waals surface area contributed by atoms with Gasteiger partial charge in [-0.2, -0.15) is 0 Å². The van der Waals surface area contributed by atoms with Crippen LogP contribution in [0.4, 0.5) is 5.69 Å². The lowest BCUT2D eigenvalue weighted by atomic mass is 10.0. The van der Waals surface area contributed by atoms with Gasteiger partial charge in [-0.25, -0.2) is 0 Å². The molecule has 1 unspecified atom stereocenters. The summed E-state index contributed by atoms with van der Waals surface area (Å²) in [5.74, 6) is 0.595. The average Bonchev–Trinajstić information content (AvgIpc) is 3.07. The molecule has 0 bridgehead atoms. The molecule has 1 amide bonds. The fourth-order valence-corrected chi connectivity index (χ4v) is 2.41. The Hall–Kier alpha value is -2.53. The molecule has 2 aromatic rings. The Morgan fingerprint density at radius 3 is 3.00 bits per heavy atom. The van der Waals surface area contributed by atoms with Crippen LogP contribution in [0, 0.1) is 0 Å². The van der Waals surface area contributed by atoms with E-state index in [1.165, 1.54) is 0 Å². The Balaban J connectivity index is 1.73. The Morgan fingerprint density at radius 2 is 2.24 bits per heavy atom. The fourth-order valence-electron chi connectivity index (χ4n) is 2.41. The van der Waals surface area contributed by atoms with Crippen molar-refractivity contribution < 1.29 is 14.3 Å². The molecule has 1 aromatic carbocycles. The number of aromatic nitrogens is 1. The molecule has 5 nitrogen and oxygen atoms in total. The largest absolute Gasteiger partial charge is 0.490 e. The summed E-state index contributed by atoms with van der Waals surface area (Å²) in [5, 5.41) is 2.87. The van der Waals surface area contributed by atoms with Crippen LogP contribution in [-0.2, 0) is 9.53 Å². The van der Waals surface area contributed by atoms with Crippen LogP contribution in [0.3, 0.4) is 0 Å². The van der Waals surface area contributed by atoms with Crippen LogP contribution in [-0.4, -0.2) is 30.2 Å². The molecule has 0 aliphatic carbocycles. The summed E-state index contributed by atoms with van der Waals surface area (Å²) in [6.45, 7) is 1.26. The normalized spacial score (nSPS) is 21.2. The van der Waals surface area contributed by atoms with Gasteiger partial charge in [0, 0.05) is 11.9 Å². The van der Waals surface area contributed by atoms with Crippen LogP contribution in [0.25, 0.3) is 11.6 Å². The van der Waals surface area contributed by atoms with Crippen LogP contribution in [0.15, 0.2) is 36.5 Å². The number of nitrogens with one attached hydrogen (secondary N) is 2. The van der Waals surface area contributed by atoms with Gasteiger partial charge < -0.3 is 19.8 Å². The summed E-state index contributed by atoms with van der Waals surface area (Å²) in [4.78, 5) is 15.3. The van der Waals surface area contributed by atoms with Crippen molar-refractivity contribution in [3.8, 4) is 5.75 Å². The topological polar surface area (TPSA) is 66.7 Å². The highest BCUT2D eigenvalue weighted by molar-refractivity contribution is 6.35. The second-order valence-corrected chi connectivity index (χ2v) is 5.08. The molecule has 4 rings (SSSR count). The number of hydrogen-bond acceptors (Lipinski definition) is 3. The maximum atomic E-state index is 12.2. The lowest BCUT2D eigenvalue weighted by Crippen LogP contribution is -2.05. The number of amides is 1. The number of benzene rings is 1. The van der Waals surface area contributed by atoms with E-state index in [1.54, 1.807) is 0 Å². The molecule has 1 aromatic heterocycles. The van der Waals surface area contributed by atoms with E-state index in [0.717, 1.165) is 23.6 Å². The third kappa shape index (κ3) is 2.32. The smallest absolute Gasteiger partial charge is 0.256 e. The first-order valence-corrected chi connectivity index (χ1v) is 6.85. The van der Waals surface area contributed by atoms with Crippen molar-refractivity contribution in [3.63, 3.8) is 0 Å². The first-order valence-electron chi connectivity index (χ1n) is 6.85. The van der Waals surface area contributed by atoms with E-state index in [0.29, 0.717) is 17.9 Å². The third-order valence-electron chi connectivity index (χ3n) is 3.54. The van der Waals surface area contributed by atoms with Crippen molar-refractivity contribution in [1.29, 1.82) is 0 Å². The molecule has 5 heteroatoms. The van der Waals surface area contributed by atoms with Crippen LogP contribution >= 0.6 is 0 Å². The van der Waals surface area contributed by atoms with Crippen molar-refractivity contribution in [2.45, 2.75) is 6.10 Å². The Morgan fingerprint density at radius 1 is 1.33 bits per heavy atom. The number of rotatable bonds is 4. The van der Waals surface area contributed by atoms with E-state index in [4.69, 9.17) is 9.47 Å². The zero-order valence-corrected chi connectivity index (χ0v) is 11.3. The second-order valence-electron chi connectivity index (χ2n) is 5.08. The van der Waals surface area contributed by atoms with Crippen molar-refractivity contribution in [3.05, 3.63) is 47.8 Å².